The van der Waals surface area contributed by atoms with E-state index in [-0.39, 0.29) is 38.3 Å². The van der Waals surface area contributed by atoms with Crippen LogP contribution < -0.4 is 11.2 Å². The number of pyridine rings is 1. The van der Waals surface area contributed by atoms with Gasteiger partial charge in [-0.1, -0.05) is 12.1 Å². The zero-order valence-corrected chi connectivity index (χ0v) is 23.2. The second-order valence-corrected chi connectivity index (χ2v) is 11.6. The molecule has 0 atom stereocenters. The van der Waals surface area contributed by atoms with Crippen LogP contribution in [0, 0.1) is 5.82 Å². The summed E-state index contributed by atoms with van der Waals surface area (Å²) in [5, 5.41) is 0.369. The van der Waals surface area contributed by atoms with Gasteiger partial charge in [0.05, 0.1) is 34.9 Å². The van der Waals surface area contributed by atoms with Crippen LogP contribution in [-0.2, 0) is 16.8 Å². The van der Waals surface area contributed by atoms with E-state index in [0.29, 0.717) is 16.6 Å². The van der Waals surface area contributed by atoms with Gasteiger partial charge in [-0.05, 0) is 59.7 Å². The van der Waals surface area contributed by atoms with E-state index in [2.05, 4.69) is 4.98 Å². The molecule has 3 aromatic rings. The molecule has 2 amide bonds. The lowest BCUT2D eigenvalue weighted by molar-refractivity contribution is 0.0140. The molecule has 0 spiro atoms. The van der Waals surface area contributed by atoms with Gasteiger partial charge >= 0.3 is 11.8 Å². The quantitative estimate of drug-likeness (QED) is 0.506. The lowest BCUT2D eigenvalue weighted by Gasteiger charge is -2.35. The summed E-state index contributed by atoms with van der Waals surface area (Å²) >= 11 is 0. The number of rotatable bonds is 3. The number of piperazine rings is 1. The SMILES string of the molecule is CC(C)(C)OC(=O)N1CCN(C(=O)c2cc(Cn3c(=O)n(C(C)(C)C)c(=O)c4ccccc43)ncc2F)CC1. The summed E-state index contributed by atoms with van der Waals surface area (Å²) in [5.41, 5.74) is -1.79. The first kappa shape index (κ1) is 28.0. The topological polar surface area (TPSA) is 107 Å². The maximum absolute atomic E-state index is 14.8. The van der Waals surface area contributed by atoms with Crippen molar-refractivity contribution < 1.29 is 18.7 Å². The zero-order chi connectivity index (χ0) is 28.7. The Balaban J connectivity index is 1.61. The van der Waals surface area contributed by atoms with Crippen molar-refractivity contribution >= 4 is 22.9 Å². The highest BCUT2D eigenvalue weighted by atomic mass is 19.1. The van der Waals surface area contributed by atoms with Crippen molar-refractivity contribution in [3.05, 3.63) is 74.4 Å². The number of hydrogen-bond acceptors (Lipinski definition) is 6. The fraction of sp³-hybridized carbons (Fsp3) is 0.464. The molecule has 1 aromatic carbocycles. The van der Waals surface area contributed by atoms with E-state index in [4.69, 9.17) is 4.74 Å². The minimum Gasteiger partial charge on any atom is -0.444 e. The van der Waals surface area contributed by atoms with Crippen LogP contribution in [0.3, 0.4) is 0 Å². The lowest BCUT2D eigenvalue weighted by atomic mass is 10.1. The van der Waals surface area contributed by atoms with Crippen molar-refractivity contribution in [2.24, 2.45) is 0 Å². The molecule has 1 saturated heterocycles. The molecule has 0 saturated carbocycles. The number of halogens is 1. The van der Waals surface area contributed by atoms with E-state index in [1.54, 1.807) is 65.8 Å². The highest BCUT2D eigenvalue weighted by Gasteiger charge is 2.29. The van der Waals surface area contributed by atoms with Gasteiger partial charge in [0.1, 0.15) is 5.60 Å². The molecule has 1 aliphatic rings. The Morgan fingerprint density at radius 2 is 1.59 bits per heavy atom. The predicted octanol–water partition coefficient (Wildman–Crippen LogP) is 3.19. The predicted molar refractivity (Wildman–Crippen MR) is 144 cm³/mol. The van der Waals surface area contributed by atoms with Gasteiger partial charge in [-0.25, -0.2) is 14.0 Å². The van der Waals surface area contributed by atoms with Crippen molar-refractivity contribution in [2.75, 3.05) is 26.2 Å². The molecule has 208 valence electrons. The number of hydrogen-bond donors (Lipinski definition) is 0. The Kier molecular flexibility index (Phi) is 7.38. The Morgan fingerprint density at radius 1 is 0.974 bits per heavy atom. The number of carbonyl (C=O) groups excluding carboxylic acids is 2. The van der Waals surface area contributed by atoms with E-state index in [0.717, 1.165) is 6.20 Å². The van der Waals surface area contributed by atoms with Crippen LogP contribution in [0.2, 0.25) is 0 Å². The second-order valence-electron chi connectivity index (χ2n) is 11.6. The summed E-state index contributed by atoms with van der Waals surface area (Å²) in [6.45, 7) is 11.5. The Labute approximate surface area is 225 Å². The fourth-order valence-electron chi connectivity index (χ4n) is 4.55. The molecule has 0 unspecified atom stereocenters. The molecule has 0 N–H and O–H groups in total. The fourth-order valence-corrected chi connectivity index (χ4v) is 4.55. The average Bonchev–Trinajstić information content (AvgIpc) is 2.85. The van der Waals surface area contributed by atoms with Crippen molar-refractivity contribution in [1.82, 2.24) is 23.9 Å². The van der Waals surface area contributed by atoms with Gasteiger partial charge in [0, 0.05) is 31.7 Å². The van der Waals surface area contributed by atoms with Gasteiger partial charge in [0.2, 0.25) is 0 Å². The number of fused-ring (bicyclic) bond motifs is 1. The number of para-hydroxylation sites is 1. The standard InChI is InChI=1S/C28H34FN5O5/c1-27(2,3)34-24(36)19-9-7-8-10-22(19)33(25(34)37)17-18-15-20(21(29)16-30-18)23(35)31-11-13-32(14-12-31)26(38)39-28(4,5)6/h7-10,15-16H,11-14,17H2,1-6H3. The van der Waals surface area contributed by atoms with Crippen LogP contribution in [0.25, 0.3) is 10.9 Å². The van der Waals surface area contributed by atoms with Crippen molar-refractivity contribution in [3.8, 4) is 0 Å². The van der Waals surface area contributed by atoms with E-state index in [1.165, 1.54) is 25.0 Å². The molecule has 2 aromatic heterocycles. The summed E-state index contributed by atoms with van der Waals surface area (Å²) in [4.78, 5) is 59.3. The Morgan fingerprint density at radius 3 is 2.21 bits per heavy atom. The summed E-state index contributed by atoms with van der Waals surface area (Å²) in [6.07, 6.45) is 0.508. The van der Waals surface area contributed by atoms with Gasteiger partial charge in [-0.3, -0.25) is 23.7 Å². The molecule has 10 nitrogen and oxygen atoms in total. The normalized spacial score (nSPS) is 14.5. The van der Waals surface area contributed by atoms with E-state index in [1.807, 2.05) is 0 Å². The van der Waals surface area contributed by atoms with Crippen molar-refractivity contribution in [2.45, 2.75) is 59.2 Å². The second kappa shape index (κ2) is 10.3. The lowest BCUT2D eigenvalue weighted by Crippen LogP contribution is -2.51. The van der Waals surface area contributed by atoms with E-state index in [9.17, 15) is 23.6 Å². The van der Waals surface area contributed by atoms with Gasteiger partial charge in [-0.15, -0.1) is 0 Å². The minimum absolute atomic E-state index is 0.0668. The molecule has 11 heteroatoms. The van der Waals surface area contributed by atoms with Gasteiger partial charge < -0.3 is 14.5 Å². The molecule has 3 heterocycles. The number of aromatic nitrogens is 3. The largest absolute Gasteiger partial charge is 0.444 e. The number of nitrogens with zero attached hydrogens (tertiary/aromatic N) is 5. The van der Waals surface area contributed by atoms with Crippen molar-refractivity contribution in [3.63, 3.8) is 0 Å². The third-order valence-corrected chi connectivity index (χ3v) is 6.40. The van der Waals surface area contributed by atoms with Gasteiger partial charge in [-0.2, -0.15) is 0 Å². The van der Waals surface area contributed by atoms with Crippen molar-refractivity contribution in [1.29, 1.82) is 0 Å². The van der Waals surface area contributed by atoms with Crippen LogP contribution in [-0.4, -0.2) is 67.7 Å². The average molecular weight is 540 g/mol. The van der Waals surface area contributed by atoms with E-state index < -0.39 is 40.2 Å². The summed E-state index contributed by atoms with van der Waals surface area (Å²) < 4.78 is 22.8. The maximum Gasteiger partial charge on any atom is 0.410 e. The first-order valence-electron chi connectivity index (χ1n) is 12.8. The monoisotopic (exact) mass is 539 g/mol. The third kappa shape index (κ3) is 5.86. The molecule has 39 heavy (non-hydrogen) atoms. The number of carbonyl (C=O) groups is 2. The smallest absolute Gasteiger partial charge is 0.410 e. The molecule has 4 rings (SSSR count). The summed E-state index contributed by atoms with van der Waals surface area (Å²) in [6, 6.07) is 8.11. The first-order chi connectivity index (χ1) is 18.2. The molecule has 0 bridgehead atoms. The number of ether oxygens (including phenoxy) is 1. The highest BCUT2D eigenvalue weighted by Crippen LogP contribution is 2.18. The van der Waals surface area contributed by atoms with Crippen LogP contribution in [0.15, 0.2) is 46.1 Å². The van der Waals surface area contributed by atoms with Crippen LogP contribution in [0.1, 0.15) is 57.6 Å². The van der Waals surface area contributed by atoms with Crippen LogP contribution in [0.5, 0.6) is 0 Å². The number of amides is 2. The zero-order valence-electron chi connectivity index (χ0n) is 23.2. The van der Waals surface area contributed by atoms with Crippen LogP contribution >= 0.6 is 0 Å². The Hall–Kier alpha value is -4.02. The third-order valence-electron chi connectivity index (χ3n) is 6.40. The van der Waals surface area contributed by atoms with Crippen LogP contribution in [0.4, 0.5) is 9.18 Å². The van der Waals surface area contributed by atoms with E-state index >= 15 is 0 Å². The molecule has 0 radical (unpaired) electrons. The maximum atomic E-state index is 14.8. The highest BCUT2D eigenvalue weighted by molar-refractivity contribution is 5.94. The molecular weight excluding hydrogens is 505 g/mol. The summed E-state index contributed by atoms with van der Waals surface area (Å²) in [5.74, 6) is -1.31. The molecular formula is C28H34FN5O5. The molecule has 1 aliphatic heterocycles. The van der Waals surface area contributed by atoms with Gasteiger partial charge in [0.25, 0.3) is 11.5 Å². The Bertz CT molecular complexity index is 1540. The minimum atomic E-state index is -0.782. The number of benzene rings is 1. The summed E-state index contributed by atoms with van der Waals surface area (Å²) in [7, 11) is 0. The molecule has 1 fully saturated rings. The van der Waals surface area contributed by atoms with Gasteiger partial charge in [0.15, 0.2) is 5.82 Å². The molecule has 0 aliphatic carbocycles. The first-order valence-corrected chi connectivity index (χ1v) is 12.8.